The van der Waals surface area contributed by atoms with Crippen molar-refractivity contribution in [1.29, 1.82) is 0 Å². The van der Waals surface area contributed by atoms with Crippen LogP contribution in [0.3, 0.4) is 0 Å². The van der Waals surface area contributed by atoms with Crippen molar-refractivity contribution in [2.75, 3.05) is 0 Å². The van der Waals surface area contributed by atoms with Gasteiger partial charge in [0, 0.05) is 0 Å². The van der Waals surface area contributed by atoms with Crippen LogP contribution in [0.25, 0.3) is 0 Å². The Kier molecular flexibility index (Phi) is 6.81. The van der Waals surface area contributed by atoms with Crippen molar-refractivity contribution in [3.05, 3.63) is 35.4 Å². The zero-order valence-electron chi connectivity index (χ0n) is 16.1. The van der Waals surface area contributed by atoms with E-state index in [0.29, 0.717) is 0 Å². The van der Waals surface area contributed by atoms with Gasteiger partial charge in [-0.15, -0.1) is 0 Å². The maximum Gasteiger partial charge on any atom is -0.0162 e. The molecule has 2 saturated carbocycles. The molecule has 0 aromatic heterocycles. The van der Waals surface area contributed by atoms with E-state index in [9.17, 15) is 0 Å². The number of hydrogen-bond donors (Lipinski definition) is 0. The minimum absolute atomic E-state index is 0.840. The monoisotopic (exact) mass is 326 g/mol. The van der Waals surface area contributed by atoms with Crippen molar-refractivity contribution in [1.82, 2.24) is 0 Å². The fourth-order valence-electron chi connectivity index (χ4n) is 5.43. The first kappa shape index (κ1) is 18.0. The van der Waals surface area contributed by atoms with E-state index in [2.05, 4.69) is 38.1 Å². The van der Waals surface area contributed by atoms with Crippen LogP contribution in [0.15, 0.2) is 24.3 Å². The van der Waals surface area contributed by atoms with Crippen molar-refractivity contribution in [3.63, 3.8) is 0 Å². The van der Waals surface area contributed by atoms with Gasteiger partial charge in [0.1, 0.15) is 0 Å². The maximum absolute atomic E-state index is 2.47. The Morgan fingerprint density at radius 2 is 0.917 bits per heavy atom. The summed E-state index contributed by atoms with van der Waals surface area (Å²) in [6, 6.07) is 9.88. The van der Waals surface area contributed by atoms with Gasteiger partial charge in [0.05, 0.1) is 0 Å². The van der Waals surface area contributed by atoms with Gasteiger partial charge in [0.15, 0.2) is 0 Å². The summed E-state index contributed by atoms with van der Waals surface area (Å²) in [7, 11) is 0. The molecule has 0 aliphatic heterocycles. The first-order valence-corrected chi connectivity index (χ1v) is 10.9. The van der Waals surface area contributed by atoms with Gasteiger partial charge in [-0.25, -0.2) is 0 Å². The lowest BCUT2D eigenvalue weighted by Crippen LogP contribution is -2.14. The van der Waals surface area contributed by atoms with Crippen LogP contribution in [0, 0.1) is 11.8 Å². The molecule has 24 heavy (non-hydrogen) atoms. The van der Waals surface area contributed by atoms with Crippen LogP contribution in [-0.4, -0.2) is 0 Å². The van der Waals surface area contributed by atoms with Gasteiger partial charge in [-0.1, -0.05) is 63.8 Å². The lowest BCUT2D eigenvalue weighted by Gasteiger charge is -2.30. The number of rotatable bonds is 6. The minimum atomic E-state index is 0.840. The van der Waals surface area contributed by atoms with Crippen LogP contribution in [-0.2, 0) is 0 Å². The largest absolute Gasteiger partial charge is 0.0654 e. The summed E-state index contributed by atoms with van der Waals surface area (Å²) in [6.07, 6.45) is 17.2. The van der Waals surface area contributed by atoms with Crippen molar-refractivity contribution < 1.29 is 0 Å². The molecule has 0 unspecified atom stereocenters. The molecule has 0 heterocycles. The van der Waals surface area contributed by atoms with E-state index in [1.165, 1.54) is 77.0 Å². The summed E-state index contributed by atoms with van der Waals surface area (Å²) in [5.41, 5.74) is 3.24. The molecule has 0 nitrogen and oxygen atoms in total. The van der Waals surface area contributed by atoms with Crippen LogP contribution in [0.5, 0.6) is 0 Å². The average molecular weight is 327 g/mol. The Labute approximate surface area is 150 Å². The highest BCUT2D eigenvalue weighted by Crippen LogP contribution is 2.40. The summed E-state index contributed by atoms with van der Waals surface area (Å²) < 4.78 is 0. The Morgan fingerprint density at radius 3 is 1.21 bits per heavy atom. The van der Waals surface area contributed by atoms with E-state index in [0.717, 1.165) is 23.7 Å². The fourth-order valence-corrected chi connectivity index (χ4v) is 5.43. The number of benzene rings is 1. The van der Waals surface area contributed by atoms with Crippen molar-refractivity contribution in [2.24, 2.45) is 11.8 Å². The quantitative estimate of drug-likeness (QED) is 0.499. The molecule has 0 heteroatoms. The van der Waals surface area contributed by atoms with E-state index in [1.54, 1.807) is 11.1 Å². The van der Waals surface area contributed by atoms with Crippen LogP contribution < -0.4 is 0 Å². The molecular formula is C24H38. The summed E-state index contributed by atoms with van der Waals surface area (Å²) in [6.45, 7) is 4.67. The Hall–Kier alpha value is -0.780. The van der Waals surface area contributed by atoms with Crippen molar-refractivity contribution in [2.45, 2.75) is 103 Å². The van der Waals surface area contributed by atoms with Gasteiger partial charge in [-0.3, -0.25) is 0 Å². The third-order valence-electron chi connectivity index (χ3n) is 6.97. The normalized spacial score (nSPS) is 31.1. The van der Waals surface area contributed by atoms with E-state index < -0.39 is 0 Å². The zero-order chi connectivity index (χ0) is 16.8. The Bertz CT molecular complexity index is 410. The summed E-state index contributed by atoms with van der Waals surface area (Å²) in [5, 5.41) is 0. The van der Waals surface area contributed by atoms with Crippen molar-refractivity contribution >= 4 is 0 Å². The van der Waals surface area contributed by atoms with E-state index >= 15 is 0 Å². The van der Waals surface area contributed by atoms with Gasteiger partial charge < -0.3 is 0 Å². The average Bonchev–Trinajstić information content (AvgIpc) is 2.64. The molecule has 1 aromatic carbocycles. The number of hydrogen-bond acceptors (Lipinski definition) is 0. The molecular weight excluding hydrogens is 288 g/mol. The fraction of sp³-hybridized carbons (Fsp3) is 0.750. The van der Waals surface area contributed by atoms with Gasteiger partial charge in [0.25, 0.3) is 0 Å². The highest BCUT2D eigenvalue weighted by molar-refractivity contribution is 5.28. The maximum atomic E-state index is 2.47. The molecule has 2 aliphatic carbocycles. The molecule has 0 radical (unpaired) electrons. The molecule has 0 amide bonds. The predicted molar refractivity (Wildman–Crippen MR) is 106 cm³/mol. The molecule has 2 aliphatic rings. The molecule has 134 valence electrons. The molecule has 2 fully saturated rings. The van der Waals surface area contributed by atoms with E-state index in [4.69, 9.17) is 0 Å². The minimum Gasteiger partial charge on any atom is -0.0654 e. The highest BCUT2D eigenvalue weighted by Gasteiger charge is 2.24. The molecule has 1 aromatic rings. The second-order valence-electron chi connectivity index (χ2n) is 8.68. The molecule has 0 saturated heterocycles. The smallest absolute Gasteiger partial charge is 0.0162 e. The molecule has 0 spiro atoms. The third-order valence-corrected chi connectivity index (χ3v) is 6.97. The standard InChI is InChI=1S/C24H38/c1-3-5-19-7-11-21(12-8-19)23-15-17-24(18-16-23)22-13-9-20(6-4-2)10-14-22/h15-22H,3-14H2,1-2H3. The lowest BCUT2D eigenvalue weighted by molar-refractivity contribution is 0.306. The van der Waals surface area contributed by atoms with E-state index in [1.807, 2.05) is 0 Å². The van der Waals surface area contributed by atoms with E-state index in [-0.39, 0.29) is 0 Å². The van der Waals surface area contributed by atoms with Crippen LogP contribution in [0.4, 0.5) is 0 Å². The van der Waals surface area contributed by atoms with Gasteiger partial charge in [-0.2, -0.15) is 0 Å². The lowest BCUT2D eigenvalue weighted by atomic mass is 9.75. The predicted octanol–water partition coefficient (Wildman–Crippen LogP) is 7.83. The topological polar surface area (TPSA) is 0 Å². The second-order valence-corrected chi connectivity index (χ2v) is 8.68. The van der Waals surface area contributed by atoms with Crippen LogP contribution >= 0.6 is 0 Å². The second kappa shape index (κ2) is 9.07. The summed E-state index contributed by atoms with van der Waals surface area (Å²) >= 11 is 0. The molecule has 3 rings (SSSR count). The Balaban J connectivity index is 1.51. The van der Waals surface area contributed by atoms with Gasteiger partial charge in [0.2, 0.25) is 0 Å². The SMILES string of the molecule is CCCC1CCC(c2ccc(C3CCC(CCC)CC3)cc2)CC1. The van der Waals surface area contributed by atoms with Gasteiger partial charge in [-0.05, 0) is 86.2 Å². The molecule has 0 bridgehead atoms. The first-order valence-electron chi connectivity index (χ1n) is 10.9. The molecule has 0 N–H and O–H groups in total. The van der Waals surface area contributed by atoms with Crippen molar-refractivity contribution in [3.8, 4) is 0 Å². The first-order chi connectivity index (χ1) is 11.8. The summed E-state index contributed by atoms with van der Waals surface area (Å²) in [5.74, 6) is 3.72. The van der Waals surface area contributed by atoms with Crippen LogP contribution in [0.2, 0.25) is 0 Å². The molecule has 0 atom stereocenters. The highest BCUT2D eigenvalue weighted by atomic mass is 14.3. The Morgan fingerprint density at radius 1 is 0.583 bits per heavy atom. The zero-order valence-corrected chi connectivity index (χ0v) is 16.1. The summed E-state index contributed by atoms with van der Waals surface area (Å²) in [4.78, 5) is 0. The van der Waals surface area contributed by atoms with Crippen LogP contribution in [0.1, 0.15) is 114 Å². The van der Waals surface area contributed by atoms with Gasteiger partial charge >= 0.3 is 0 Å². The third kappa shape index (κ3) is 4.64.